The Labute approximate surface area is 111 Å². The molecule has 0 spiro atoms. The third kappa shape index (κ3) is 2.90. The molecule has 1 amide bonds. The Morgan fingerprint density at radius 1 is 1.50 bits per heavy atom. The first-order valence-corrected chi connectivity index (χ1v) is 7.59. The lowest BCUT2D eigenvalue weighted by Crippen LogP contribution is -2.49. The minimum Gasteiger partial charge on any atom is -0.455 e. The van der Waals surface area contributed by atoms with Crippen molar-refractivity contribution in [3.8, 4) is 0 Å². The summed E-state index contributed by atoms with van der Waals surface area (Å²) in [6.45, 7) is -0.00286. The van der Waals surface area contributed by atoms with Gasteiger partial charge in [0.15, 0.2) is 5.76 Å². The van der Waals surface area contributed by atoms with E-state index in [1.807, 2.05) is 12.3 Å². The van der Waals surface area contributed by atoms with Gasteiger partial charge >= 0.3 is 0 Å². The fourth-order valence-electron chi connectivity index (χ4n) is 2.40. The van der Waals surface area contributed by atoms with Crippen molar-refractivity contribution >= 4 is 17.7 Å². The van der Waals surface area contributed by atoms with E-state index in [9.17, 15) is 9.90 Å². The van der Waals surface area contributed by atoms with Gasteiger partial charge < -0.3 is 14.8 Å². The number of thioether (sulfide) groups is 1. The Kier molecular flexibility index (Phi) is 4.35. The molecule has 0 aromatic carbocycles. The Balaban J connectivity index is 2.02. The Hall–Kier alpha value is -0.940. The number of nitrogens with one attached hydrogen (secondary N) is 1. The fourth-order valence-corrected chi connectivity index (χ4v) is 2.84. The fraction of sp³-hybridized carbons (Fsp3) is 0.615. The minimum atomic E-state index is -0.441. The van der Waals surface area contributed by atoms with E-state index in [0.29, 0.717) is 5.76 Å². The van der Waals surface area contributed by atoms with Crippen molar-refractivity contribution in [2.45, 2.75) is 37.0 Å². The SMILES string of the molecule is CSCc1ccc(C(=O)NC2(CO)CCCC2)o1. The highest BCUT2D eigenvalue weighted by Crippen LogP contribution is 2.29. The van der Waals surface area contributed by atoms with Crippen LogP contribution >= 0.6 is 11.8 Å². The zero-order valence-corrected chi connectivity index (χ0v) is 11.4. The van der Waals surface area contributed by atoms with E-state index in [0.717, 1.165) is 37.2 Å². The van der Waals surface area contributed by atoms with E-state index in [1.165, 1.54) is 0 Å². The van der Waals surface area contributed by atoms with Crippen LogP contribution in [0, 0.1) is 0 Å². The molecule has 18 heavy (non-hydrogen) atoms. The lowest BCUT2D eigenvalue weighted by Gasteiger charge is -2.27. The Morgan fingerprint density at radius 3 is 2.83 bits per heavy atom. The number of aliphatic hydroxyl groups excluding tert-OH is 1. The number of carbonyl (C=O) groups excluding carboxylic acids is 1. The molecule has 1 aliphatic rings. The van der Waals surface area contributed by atoms with Crippen molar-refractivity contribution in [2.24, 2.45) is 0 Å². The zero-order chi connectivity index (χ0) is 13.0. The maximum atomic E-state index is 12.1. The van der Waals surface area contributed by atoms with Gasteiger partial charge in [0.1, 0.15) is 5.76 Å². The highest BCUT2D eigenvalue weighted by molar-refractivity contribution is 7.97. The number of rotatable bonds is 5. The van der Waals surface area contributed by atoms with Crippen LogP contribution in [-0.2, 0) is 5.75 Å². The van der Waals surface area contributed by atoms with Gasteiger partial charge in [-0.2, -0.15) is 11.8 Å². The minimum absolute atomic E-state index is 0.00286. The molecule has 0 atom stereocenters. The summed E-state index contributed by atoms with van der Waals surface area (Å²) in [5.74, 6) is 1.67. The van der Waals surface area contributed by atoms with Gasteiger partial charge in [0.05, 0.1) is 17.9 Å². The molecule has 0 aliphatic heterocycles. The molecule has 0 bridgehead atoms. The first-order valence-electron chi connectivity index (χ1n) is 6.20. The van der Waals surface area contributed by atoms with Crippen molar-refractivity contribution in [2.75, 3.05) is 12.9 Å². The maximum absolute atomic E-state index is 12.1. The van der Waals surface area contributed by atoms with Crippen LogP contribution in [0.4, 0.5) is 0 Å². The van der Waals surface area contributed by atoms with Crippen molar-refractivity contribution in [1.82, 2.24) is 5.32 Å². The largest absolute Gasteiger partial charge is 0.455 e. The van der Waals surface area contributed by atoms with E-state index in [2.05, 4.69) is 5.32 Å². The molecule has 0 saturated heterocycles. The standard InChI is InChI=1S/C13H19NO3S/c1-18-8-10-4-5-11(17-10)12(16)14-13(9-15)6-2-3-7-13/h4-5,15H,2-3,6-9H2,1H3,(H,14,16). The van der Waals surface area contributed by atoms with Crippen molar-refractivity contribution in [1.29, 1.82) is 0 Å². The van der Waals surface area contributed by atoms with Crippen LogP contribution in [0.3, 0.4) is 0 Å². The summed E-state index contributed by atoms with van der Waals surface area (Å²) >= 11 is 1.65. The summed E-state index contributed by atoms with van der Waals surface area (Å²) < 4.78 is 5.47. The molecule has 1 aromatic heterocycles. The number of hydrogen-bond acceptors (Lipinski definition) is 4. The first kappa shape index (κ1) is 13.5. The number of hydrogen-bond donors (Lipinski definition) is 2. The number of aliphatic hydroxyl groups is 1. The van der Waals surface area contributed by atoms with Gasteiger partial charge in [-0.1, -0.05) is 12.8 Å². The average Bonchev–Trinajstić information content (AvgIpc) is 2.99. The Bertz CT molecular complexity index is 410. The van der Waals surface area contributed by atoms with E-state index < -0.39 is 5.54 Å². The van der Waals surface area contributed by atoms with Crippen LogP contribution in [-0.4, -0.2) is 29.4 Å². The van der Waals surface area contributed by atoms with E-state index in [1.54, 1.807) is 17.8 Å². The highest BCUT2D eigenvalue weighted by Gasteiger charge is 2.35. The molecular formula is C13H19NO3S. The second-order valence-electron chi connectivity index (χ2n) is 4.80. The molecule has 0 radical (unpaired) electrons. The second kappa shape index (κ2) is 5.80. The summed E-state index contributed by atoms with van der Waals surface area (Å²) in [6.07, 6.45) is 5.77. The van der Waals surface area contributed by atoms with Gasteiger partial charge in [0, 0.05) is 0 Å². The third-order valence-corrected chi connectivity index (χ3v) is 3.99. The van der Waals surface area contributed by atoms with Crippen molar-refractivity contribution < 1.29 is 14.3 Å². The Morgan fingerprint density at radius 2 is 2.22 bits per heavy atom. The molecular weight excluding hydrogens is 250 g/mol. The predicted molar refractivity (Wildman–Crippen MR) is 71.7 cm³/mol. The smallest absolute Gasteiger partial charge is 0.287 e. The van der Waals surface area contributed by atoms with Gasteiger partial charge in [0.2, 0.25) is 0 Å². The van der Waals surface area contributed by atoms with Gasteiger partial charge in [0.25, 0.3) is 5.91 Å². The molecule has 0 unspecified atom stereocenters. The van der Waals surface area contributed by atoms with Gasteiger partial charge in [-0.25, -0.2) is 0 Å². The quantitative estimate of drug-likeness (QED) is 0.860. The average molecular weight is 269 g/mol. The van der Waals surface area contributed by atoms with E-state index in [-0.39, 0.29) is 12.5 Å². The molecule has 100 valence electrons. The maximum Gasteiger partial charge on any atom is 0.287 e. The van der Waals surface area contributed by atoms with Crippen LogP contribution < -0.4 is 5.32 Å². The topological polar surface area (TPSA) is 62.5 Å². The molecule has 1 heterocycles. The van der Waals surface area contributed by atoms with E-state index >= 15 is 0 Å². The molecule has 5 heteroatoms. The number of furan rings is 1. The van der Waals surface area contributed by atoms with Crippen LogP contribution in [0.15, 0.2) is 16.5 Å². The van der Waals surface area contributed by atoms with Crippen LogP contribution in [0.2, 0.25) is 0 Å². The second-order valence-corrected chi connectivity index (χ2v) is 5.66. The lowest BCUT2D eigenvalue weighted by molar-refractivity contribution is 0.0809. The molecule has 2 rings (SSSR count). The van der Waals surface area contributed by atoms with Crippen molar-refractivity contribution in [3.05, 3.63) is 23.7 Å². The summed E-state index contributed by atoms with van der Waals surface area (Å²) in [5.41, 5.74) is -0.441. The monoisotopic (exact) mass is 269 g/mol. The first-order chi connectivity index (χ1) is 8.69. The summed E-state index contributed by atoms with van der Waals surface area (Å²) in [6, 6.07) is 3.52. The predicted octanol–water partition coefficient (Wildman–Crippen LogP) is 2.18. The van der Waals surface area contributed by atoms with Gasteiger partial charge in [-0.05, 0) is 31.2 Å². The zero-order valence-electron chi connectivity index (χ0n) is 10.6. The summed E-state index contributed by atoms with van der Waals surface area (Å²) in [4.78, 5) is 12.1. The molecule has 1 aromatic rings. The molecule has 4 nitrogen and oxygen atoms in total. The van der Waals surface area contributed by atoms with E-state index in [4.69, 9.17) is 4.42 Å². The molecule has 2 N–H and O–H groups in total. The number of amides is 1. The van der Waals surface area contributed by atoms with Gasteiger partial charge in [-0.3, -0.25) is 4.79 Å². The van der Waals surface area contributed by atoms with Gasteiger partial charge in [-0.15, -0.1) is 0 Å². The van der Waals surface area contributed by atoms with Crippen LogP contribution in [0.5, 0.6) is 0 Å². The molecule has 1 fully saturated rings. The normalized spacial score (nSPS) is 17.9. The number of carbonyl (C=O) groups is 1. The lowest BCUT2D eigenvalue weighted by atomic mass is 9.99. The summed E-state index contributed by atoms with van der Waals surface area (Å²) in [5, 5.41) is 12.4. The van der Waals surface area contributed by atoms with Crippen molar-refractivity contribution in [3.63, 3.8) is 0 Å². The summed E-state index contributed by atoms with van der Waals surface area (Å²) in [7, 11) is 0. The van der Waals surface area contributed by atoms with Crippen LogP contribution in [0.1, 0.15) is 42.0 Å². The third-order valence-electron chi connectivity index (χ3n) is 3.41. The highest BCUT2D eigenvalue weighted by atomic mass is 32.2. The molecule has 1 saturated carbocycles. The van der Waals surface area contributed by atoms with Crippen LogP contribution in [0.25, 0.3) is 0 Å². The molecule has 1 aliphatic carbocycles.